The first kappa shape index (κ1) is 21.0. The number of esters is 1. The third-order valence-electron chi connectivity index (χ3n) is 5.99. The summed E-state index contributed by atoms with van der Waals surface area (Å²) in [6.45, 7) is 2.27. The number of fused-ring (bicyclic) bond motifs is 1. The number of hydrogen-bond acceptors (Lipinski definition) is 5. The minimum atomic E-state index is -0.369. The predicted octanol–water partition coefficient (Wildman–Crippen LogP) is 4.40. The Morgan fingerprint density at radius 3 is 2.73 bits per heavy atom. The molecule has 0 unspecified atom stereocenters. The van der Waals surface area contributed by atoms with Gasteiger partial charge >= 0.3 is 5.97 Å². The van der Waals surface area contributed by atoms with Crippen molar-refractivity contribution in [3.05, 3.63) is 51.7 Å². The number of hydrogen-bond donors (Lipinski definition) is 1. The molecule has 1 N–H and O–H groups in total. The largest absolute Gasteiger partial charge is 0.465 e. The lowest BCUT2D eigenvalue weighted by atomic mass is 9.95. The highest BCUT2D eigenvalue weighted by Crippen LogP contribution is 2.39. The molecule has 1 aromatic heterocycles. The van der Waals surface area contributed by atoms with Gasteiger partial charge in [0.2, 0.25) is 5.91 Å². The second kappa shape index (κ2) is 9.27. The Morgan fingerprint density at radius 2 is 1.97 bits per heavy atom. The van der Waals surface area contributed by atoms with Gasteiger partial charge in [-0.25, -0.2) is 9.18 Å². The van der Waals surface area contributed by atoms with E-state index in [9.17, 15) is 14.0 Å². The van der Waals surface area contributed by atoms with Gasteiger partial charge in [-0.2, -0.15) is 0 Å². The van der Waals surface area contributed by atoms with Crippen LogP contribution in [0, 0.1) is 11.7 Å². The van der Waals surface area contributed by atoms with Crippen LogP contribution in [-0.4, -0.2) is 37.0 Å². The van der Waals surface area contributed by atoms with Gasteiger partial charge in [0.05, 0.1) is 18.6 Å². The van der Waals surface area contributed by atoms with Crippen LogP contribution in [0.4, 0.5) is 9.39 Å². The quantitative estimate of drug-likeness (QED) is 0.714. The minimum Gasteiger partial charge on any atom is -0.465 e. The number of amides is 1. The highest BCUT2D eigenvalue weighted by atomic mass is 32.1. The lowest BCUT2D eigenvalue weighted by Gasteiger charge is -2.32. The molecule has 1 saturated heterocycles. The molecule has 2 aromatic rings. The molecule has 2 heterocycles. The fourth-order valence-corrected chi connectivity index (χ4v) is 5.73. The molecule has 0 radical (unpaired) electrons. The highest BCUT2D eigenvalue weighted by Gasteiger charge is 2.30. The molecule has 1 aliphatic carbocycles. The molecule has 1 amide bonds. The molecule has 0 bridgehead atoms. The lowest BCUT2D eigenvalue weighted by Crippen LogP contribution is -2.40. The average molecular weight is 431 g/mol. The Balaban J connectivity index is 1.45. The lowest BCUT2D eigenvalue weighted by molar-refractivity contribution is -0.121. The summed E-state index contributed by atoms with van der Waals surface area (Å²) >= 11 is 1.52. The van der Waals surface area contributed by atoms with E-state index < -0.39 is 0 Å². The maximum atomic E-state index is 13.1. The zero-order chi connectivity index (χ0) is 21.1. The van der Waals surface area contributed by atoms with Crippen LogP contribution in [-0.2, 0) is 28.9 Å². The molecule has 2 aliphatic rings. The van der Waals surface area contributed by atoms with E-state index in [1.807, 2.05) is 0 Å². The molecule has 30 heavy (non-hydrogen) atoms. The van der Waals surface area contributed by atoms with Crippen molar-refractivity contribution in [2.24, 2.45) is 5.92 Å². The van der Waals surface area contributed by atoms with E-state index in [2.05, 4.69) is 10.2 Å². The summed E-state index contributed by atoms with van der Waals surface area (Å²) in [5.74, 6) is -0.785. The topological polar surface area (TPSA) is 58.6 Å². The summed E-state index contributed by atoms with van der Waals surface area (Å²) in [7, 11) is 1.38. The van der Waals surface area contributed by atoms with E-state index in [4.69, 9.17) is 4.74 Å². The van der Waals surface area contributed by atoms with Crippen molar-refractivity contribution < 1.29 is 18.7 Å². The van der Waals surface area contributed by atoms with Crippen molar-refractivity contribution in [2.75, 3.05) is 25.5 Å². The van der Waals surface area contributed by atoms with E-state index in [1.165, 1.54) is 35.5 Å². The maximum absolute atomic E-state index is 13.1. The van der Waals surface area contributed by atoms with Crippen molar-refractivity contribution in [3.63, 3.8) is 0 Å². The Bertz CT molecular complexity index is 925. The first-order chi connectivity index (χ1) is 14.5. The molecule has 160 valence electrons. The molecule has 0 spiro atoms. The first-order valence-electron chi connectivity index (χ1n) is 10.6. The Morgan fingerprint density at radius 1 is 1.20 bits per heavy atom. The van der Waals surface area contributed by atoms with Crippen LogP contribution in [0.1, 0.15) is 52.0 Å². The Labute approximate surface area is 180 Å². The third kappa shape index (κ3) is 4.57. The molecule has 7 heteroatoms. The number of piperidine rings is 1. The summed E-state index contributed by atoms with van der Waals surface area (Å²) in [5.41, 5.74) is 2.64. The van der Waals surface area contributed by atoms with Crippen LogP contribution in [0.5, 0.6) is 0 Å². The summed E-state index contributed by atoms with van der Waals surface area (Å²) < 4.78 is 18.1. The standard InChI is InChI=1S/C23H27FN2O3S/c1-29-23(28)20-18-6-2-3-7-19(18)30-22(20)25-21(27)16-5-4-12-26(14-16)13-15-8-10-17(24)11-9-15/h8-11,16H,2-7,12-14H2,1H3,(H,25,27)/t16-/m1/s1. The van der Waals surface area contributed by atoms with Gasteiger partial charge in [-0.05, 0) is 68.3 Å². The van der Waals surface area contributed by atoms with E-state index in [0.717, 1.165) is 56.2 Å². The van der Waals surface area contributed by atoms with Crippen molar-refractivity contribution in [1.82, 2.24) is 4.90 Å². The number of methoxy groups -OCH3 is 1. The number of carbonyl (C=O) groups excluding carboxylic acids is 2. The Kier molecular flexibility index (Phi) is 6.49. The molecule has 1 atom stereocenters. The van der Waals surface area contributed by atoms with Crippen LogP contribution >= 0.6 is 11.3 Å². The van der Waals surface area contributed by atoms with Crippen molar-refractivity contribution in [1.29, 1.82) is 0 Å². The molecular formula is C23H27FN2O3S. The van der Waals surface area contributed by atoms with Crippen LogP contribution in [0.25, 0.3) is 0 Å². The number of anilines is 1. The Hall–Kier alpha value is -2.25. The number of halogens is 1. The summed E-state index contributed by atoms with van der Waals surface area (Å²) in [4.78, 5) is 28.9. The summed E-state index contributed by atoms with van der Waals surface area (Å²) in [6, 6.07) is 6.52. The molecule has 4 rings (SSSR count). The molecule has 1 fully saturated rings. The van der Waals surface area contributed by atoms with E-state index >= 15 is 0 Å². The number of carbonyl (C=O) groups is 2. The predicted molar refractivity (Wildman–Crippen MR) is 115 cm³/mol. The van der Waals surface area contributed by atoms with E-state index in [-0.39, 0.29) is 23.6 Å². The average Bonchev–Trinajstić information content (AvgIpc) is 3.13. The van der Waals surface area contributed by atoms with Crippen LogP contribution in [0.15, 0.2) is 24.3 Å². The van der Waals surface area contributed by atoms with Crippen LogP contribution in [0.3, 0.4) is 0 Å². The number of benzene rings is 1. The van der Waals surface area contributed by atoms with Gasteiger partial charge in [0, 0.05) is 18.0 Å². The number of rotatable bonds is 5. The first-order valence-corrected chi connectivity index (χ1v) is 11.4. The number of aryl methyl sites for hydroxylation is 1. The van der Waals surface area contributed by atoms with Crippen LogP contribution < -0.4 is 5.32 Å². The number of ether oxygens (including phenoxy) is 1. The second-order valence-corrected chi connectivity index (χ2v) is 9.20. The third-order valence-corrected chi connectivity index (χ3v) is 7.20. The number of nitrogens with one attached hydrogen (secondary N) is 1. The monoisotopic (exact) mass is 430 g/mol. The van der Waals surface area contributed by atoms with Gasteiger partial charge < -0.3 is 10.1 Å². The van der Waals surface area contributed by atoms with Gasteiger partial charge in [-0.3, -0.25) is 9.69 Å². The smallest absolute Gasteiger partial charge is 0.341 e. The van der Waals surface area contributed by atoms with Crippen LogP contribution in [0.2, 0.25) is 0 Å². The summed E-state index contributed by atoms with van der Waals surface area (Å²) in [6.07, 6.45) is 5.74. The molecule has 5 nitrogen and oxygen atoms in total. The number of nitrogens with zero attached hydrogens (tertiary/aromatic N) is 1. The fourth-order valence-electron chi connectivity index (χ4n) is 4.45. The molecule has 1 aliphatic heterocycles. The number of thiophene rings is 1. The minimum absolute atomic E-state index is 0.0393. The molecule has 0 saturated carbocycles. The van der Waals surface area contributed by atoms with Crippen molar-refractivity contribution in [3.8, 4) is 0 Å². The van der Waals surface area contributed by atoms with Gasteiger partial charge in [-0.15, -0.1) is 11.3 Å². The highest BCUT2D eigenvalue weighted by molar-refractivity contribution is 7.17. The van der Waals surface area contributed by atoms with E-state index in [0.29, 0.717) is 23.7 Å². The zero-order valence-corrected chi connectivity index (χ0v) is 18.0. The van der Waals surface area contributed by atoms with Gasteiger partial charge in [0.15, 0.2) is 0 Å². The van der Waals surface area contributed by atoms with E-state index in [1.54, 1.807) is 12.1 Å². The second-order valence-electron chi connectivity index (χ2n) is 8.10. The van der Waals surface area contributed by atoms with Gasteiger partial charge in [0.1, 0.15) is 10.8 Å². The number of likely N-dealkylation sites (tertiary alicyclic amines) is 1. The molecule has 1 aromatic carbocycles. The van der Waals surface area contributed by atoms with Crippen molar-refractivity contribution in [2.45, 2.75) is 45.1 Å². The molecular weight excluding hydrogens is 403 g/mol. The van der Waals surface area contributed by atoms with Crippen molar-refractivity contribution >= 4 is 28.2 Å². The fraction of sp³-hybridized carbons (Fsp3) is 0.478. The van der Waals surface area contributed by atoms with Gasteiger partial charge in [0.25, 0.3) is 0 Å². The summed E-state index contributed by atoms with van der Waals surface area (Å²) in [5, 5.41) is 3.68. The zero-order valence-electron chi connectivity index (χ0n) is 17.2. The van der Waals surface area contributed by atoms with Gasteiger partial charge in [-0.1, -0.05) is 12.1 Å². The SMILES string of the molecule is COC(=O)c1c(NC(=O)[C@@H]2CCCN(Cc3ccc(F)cc3)C2)sc2c1CCCC2. The maximum Gasteiger partial charge on any atom is 0.341 e. The normalized spacial score (nSPS) is 19.2.